The number of nitrogens with zero attached hydrogens (tertiary/aromatic N) is 2. The number of aromatic amines is 1. The average Bonchev–Trinajstić information content (AvgIpc) is 2.91. The molecule has 0 aliphatic carbocycles. The molecule has 7 nitrogen and oxygen atoms in total. The van der Waals surface area contributed by atoms with Gasteiger partial charge in [-0.05, 0) is 6.07 Å². The Morgan fingerprint density at radius 2 is 2.37 bits per heavy atom. The minimum absolute atomic E-state index is 0.0562. The third kappa shape index (κ3) is 1.58. The van der Waals surface area contributed by atoms with Crippen LogP contribution < -0.4 is 16.0 Å². The number of aromatic nitrogens is 2. The number of nitriles is 1. The van der Waals surface area contributed by atoms with Gasteiger partial charge < -0.3 is 19.9 Å². The van der Waals surface area contributed by atoms with E-state index in [1.54, 1.807) is 6.07 Å². The number of hydrogen-bond acceptors (Lipinski definition) is 6. The summed E-state index contributed by atoms with van der Waals surface area (Å²) in [6, 6.07) is 3.63. The number of allylic oxidation sites excluding steroid dienone is 1. The van der Waals surface area contributed by atoms with Gasteiger partial charge in [0.05, 0.1) is 30.3 Å². The third-order valence-corrected chi connectivity index (χ3v) is 2.90. The smallest absolute Gasteiger partial charge is 0.258 e. The molecule has 3 N–H and O–H groups in total. The molecule has 0 fully saturated rings. The van der Waals surface area contributed by atoms with Gasteiger partial charge >= 0.3 is 0 Å². The number of nitrogens with one attached hydrogen (secondary N) is 1. The van der Waals surface area contributed by atoms with Crippen LogP contribution in [0.1, 0.15) is 17.0 Å². The van der Waals surface area contributed by atoms with Gasteiger partial charge in [0, 0.05) is 5.56 Å². The number of hydrogen-bond donors (Lipinski definition) is 2. The van der Waals surface area contributed by atoms with E-state index >= 15 is 0 Å². The third-order valence-electron chi connectivity index (χ3n) is 2.90. The van der Waals surface area contributed by atoms with E-state index < -0.39 is 5.92 Å². The Bertz CT molecular complexity index is 752. The van der Waals surface area contributed by atoms with Crippen LogP contribution in [0, 0.1) is 11.3 Å². The van der Waals surface area contributed by atoms with Crippen molar-refractivity contribution in [2.45, 2.75) is 5.92 Å². The number of furan rings is 1. The molecule has 1 aliphatic heterocycles. The van der Waals surface area contributed by atoms with Crippen LogP contribution in [0.4, 0.5) is 0 Å². The van der Waals surface area contributed by atoms with Crippen molar-refractivity contribution < 1.29 is 9.15 Å². The summed E-state index contributed by atoms with van der Waals surface area (Å²) in [7, 11) is 0. The molecule has 0 saturated carbocycles. The molecule has 94 valence electrons. The minimum Gasteiger partial charge on any atom is -0.472 e. The van der Waals surface area contributed by atoms with Crippen molar-refractivity contribution in [3.63, 3.8) is 0 Å². The predicted molar refractivity (Wildman–Crippen MR) is 62.9 cm³/mol. The fraction of sp³-hybridized carbons (Fsp3) is 0.0833. The van der Waals surface area contributed by atoms with E-state index in [0.29, 0.717) is 5.56 Å². The largest absolute Gasteiger partial charge is 0.472 e. The van der Waals surface area contributed by atoms with Crippen LogP contribution in [-0.4, -0.2) is 9.97 Å². The van der Waals surface area contributed by atoms with Crippen molar-refractivity contribution in [1.82, 2.24) is 9.97 Å². The standard InChI is InChI=1S/C12H8N4O3/c13-3-7-8(6-1-2-18-4-6)9-11(17)15-5-16-12(9)19-10(7)14/h1-2,4-5,8H,14H2,(H,15,16,17)/t8-/m0/s1. The van der Waals surface area contributed by atoms with Gasteiger partial charge in [0.15, 0.2) is 0 Å². The van der Waals surface area contributed by atoms with Crippen LogP contribution in [0.3, 0.4) is 0 Å². The molecule has 2 aromatic heterocycles. The molecule has 1 atom stereocenters. The van der Waals surface area contributed by atoms with Gasteiger partial charge in [0.1, 0.15) is 11.6 Å². The summed E-state index contributed by atoms with van der Waals surface area (Å²) >= 11 is 0. The molecular weight excluding hydrogens is 248 g/mol. The normalized spacial score (nSPS) is 17.5. The van der Waals surface area contributed by atoms with Crippen molar-refractivity contribution in [2.75, 3.05) is 0 Å². The van der Waals surface area contributed by atoms with Crippen LogP contribution in [0.5, 0.6) is 5.88 Å². The lowest BCUT2D eigenvalue weighted by molar-refractivity contribution is 0.374. The van der Waals surface area contributed by atoms with E-state index in [2.05, 4.69) is 9.97 Å². The zero-order valence-electron chi connectivity index (χ0n) is 9.58. The Labute approximate surface area is 106 Å². The van der Waals surface area contributed by atoms with Crippen LogP contribution in [-0.2, 0) is 0 Å². The molecule has 3 rings (SSSR count). The van der Waals surface area contributed by atoms with E-state index in [9.17, 15) is 10.1 Å². The zero-order chi connectivity index (χ0) is 13.4. The van der Waals surface area contributed by atoms with Crippen molar-refractivity contribution in [3.8, 4) is 11.9 Å². The Balaban J connectivity index is 2.31. The summed E-state index contributed by atoms with van der Waals surface area (Å²) in [6.45, 7) is 0. The Hall–Kier alpha value is -3.01. The number of rotatable bonds is 1. The summed E-state index contributed by atoms with van der Waals surface area (Å²) < 4.78 is 10.2. The highest BCUT2D eigenvalue weighted by Gasteiger charge is 2.34. The molecule has 0 radical (unpaired) electrons. The fourth-order valence-electron chi connectivity index (χ4n) is 2.07. The van der Waals surface area contributed by atoms with Gasteiger partial charge in [0.2, 0.25) is 11.8 Å². The van der Waals surface area contributed by atoms with Crippen molar-refractivity contribution in [1.29, 1.82) is 5.26 Å². The van der Waals surface area contributed by atoms with E-state index in [1.165, 1.54) is 18.9 Å². The maximum atomic E-state index is 12.0. The highest BCUT2D eigenvalue weighted by molar-refractivity contribution is 5.51. The maximum Gasteiger partial charge on any atom is 0.258 e. The van der Waals surface area contributed by atoms with Gasteiger partial charge in [0.25, 0.3) is 5.56 Å². The summed E-state index contributed by atoms with van der Waals surface area (Å²) in [6.07, 6.45) is 4.13. The lowest BCUT2D eigenvalue weighted by atomic mass is 9.87. The fourth-order valence-corrected chi connectivity index (χ4v) is 2.07. The molecule has 0 saturated heterocycles. The van der Waals surface area contributed by atoms with Crippen LogP contribution in [0.15, 0.2) is 45.6 Å². The van der Waals surface area contributed by atoms with Gasteiger partial charge in [-0.15, -0.1) is 0 Å². The first-order valence-corrected chi connectivity index (χ1v) is 5.39. The van der Waals surface area contributed by atoms with E-state index in [-0.39, 0.29) is 28.5 Å². The molecule has 19 heavy (non-hydrogen) atoms. The Morgan fingerprint density at radius 1 is 1.53 bits per heavy atom. The monoisotopic (exact) mass is 256 g/mol. The van der Waals surface area contributed by atoms with Crippen molar-refractivity contribution in [2.24, 2.45) is 5.73 Å². The van der Waals surface area contributed by atoms with Gasteiger partial charge in [-0.3, -0.25) is 4.79 Å². The van der Waals surface area contributed by atoms with Gasteiger partial charge in [-0.25, -0.2) is 4.98 Å². The summed E-state index contributed by atoms with van der Waals surface area (Å²) in [5.41, 5.74) is 6.37. The van der Waals surface area contributed by atoms with Gasteiger partial charge in [-0.1, -0.05) is 0 Å². The second kappa shape index (κ2) is 4.03. The first-order chi connectivity index (χ1) is 9.22. The van der Waals surface area contributed by atoms with Crippen LogP contribution in [0.25, 0.3) is 0 Å². The summed E-state index contributed by atoms with van der Waals surface area (Å²) in [5.74, 6) is -0.587. The highest BCUT2D eigenvalue weighted by atomic mass is 16.5. The average molecular weight is 256 g/mol. The summed E-state index contributed by atoms with van der Waals surface area (Å²) in [5, 5.41) is 9.22. The number of nitrogens with two attached hydrogens (primary N) is 1. The molecular formula is C12H8N4O3. The maximum absolute atomic E-state index is 12.0. The van der Waals surface area contributed by atoms with E-state index in [4.69, 9.17) is 14.9 Å². The summed E-state index contributed by atoms with van der Waals surface area (Å²) in [4.78, 5) is 18.3. The topological polar surface area (TPSA) is 118 Å². The second-order valence-corrected chi connectivity index (χ2v) is 3.93. The van der Waals surface area contributed by atoms with Crippen LogP contribution in [0.2, 0.25) is 0 Å². The van der Waals surface area contributed by atoms with Gasteiger partial charge in [-0.2, -0.15) is 5.26 Å². The van der Waals surface area contributed by atoms with Crippen molar-refractivity contribution >= 4 is 0 Å². The number of ether oxygens (including phenoxy) is 1. The first-order valence-electron chi connectivity index (χ1n) is 5.39. The Kier molecular flexibility index (Phi) is 2.35. The molecule has 0 amide bonds. The Morgan fingerprint density at radius 3 is 3.05 bits per heavy atom. The molecule has 0 aromatic carbocycles. The molecule has 0 bridgehead atoms. The number of fused-ring (bicyclic) bond motifs is 1. The van der Waals surface area contributed by atoms with Crippen LogP contribution >= 0.6 is 0 Å². The molecule has 7 heteroatoms. The van der Waals surface area contributed by atoms with Crippen molar-refractivity contribution in [3.05, 3.63) is 57.9 Å². The molecule has 2 aromatic rings. The number of H-pyrrole nitrogens is 1. The predicted octanol–water partition coefficient (Wildman–Crippen LogP) is 0.581. The second-order valence-electron chi connectivity index (χ2n) is 3.93. The van der Waals surface area contributed by atoms with E-state index in [0.717, 1.165) is 0 Å². The first kappa shape index (κ1) is 11.1. The lowest BCUT2D eigenvalue weighted by Gasteiger charge is -2.22. The minimum atomic E-state index is -0.634. The molecule has 1 aliphatic rings. The molecule has 3 heterocycles. The highest BCUT2D eigenvalue weighted by Crippen LogP contribution is 2.38. The lowest BCUT2D eigenvalue weighted by Crippen LogP contribution is -2.28. The molecule has 0 unspecified atom stereocenters. The zero-order valence-corrected chi connectivity index (χ0v) is 9.58. The quantitative estimate of drug-likeness (QED) is 0.770. The van der Waals surface area contributed by atoms with E-state index in [1.807, 2.05) is 6.07 Å². The molecule has 0 spiro atoms. The SMILES string of the molecule is N#CC1=C(N)Oc2nc[nH]c(=O)c2[C@H]1c1ccoc1.